The quantitative estimate of drug-likeness (QED) is 0.804. The van der Waals surface area contributed by atoms with E-state index >= 15 is 0 Å². The van der Waals surface area contributed by atoms with Crippen LogP contribution in [-0.4, -0.2) is 15.6 Å². The van der Waals surface area contributed by atoms with Crippen molar-refractivity contribution in [3.8, 4) is 0 Å². The van der Waals surface area contributed by atoms with E-state index < -0.39 is 0 Å². The van der Waals surface area contributed by atoms with Gasteiger partial charge >= 0.3 is 0 Å². The second-order valence-corrected chi connectivity index (χ2v) is 4.81. The molecule has 0 amide bonds. The molecule has 2 aromatic rings. The Balaban J connectivity index is 2.04. The lowest BCUT2D eigenvalue weighted by atomic mass is 10.1. The van der Waals surface area contributed by atoms with Crippen molar-refractivity contribution in [3.63, 3.8) is 0 Å². The molecular formula is C13H12Cl2N2O. The van der Waals surface area contributed by atoms with Crippen LogP contribution in [0.25, 0.3) is 0 Å². The van der Waals surface area contributed by atoms with Crippen LogP contribution in [0, 0.1) is 0 Å². The highest BCUT2D eigenvalue weighted by molar-refractivity contribution is 6.42. The number of aromatic nitrogens is 2. The number of carbonyl (C=O) groups excluding carboxylic acids is 1. The summed E-state index contributed by atoms with van der Waals surface area (Å²) in [6, 6.07) is 6.85. The van der Waals surface area contributed by atoms with Gasteiger partial charge in [-0.2, -0.15) is 5.10 Å². The fourth-order valence-electron chi connectivity index (χ4n) is 1.70. The second-order valence-electron chi connectivity index (χ2n) is 4.00. The maximum atomic E-state index is 12.0. The lowest BCUT2D eigenvalue weighted by Gasteiger charge is -2.03. The zero-order valence-electron chi connectivity index (χ0n) is 9.86. The minimum absolute atomic E-state index is 0.0507. The van der Waals surface area contributed by atoms with Crippen molar-refractivity contribution in [1.29, 1.82) is 0 Å². The van der Waals surface area contributed by atoms with Gasteiger partial charge in [0.15, 0.2) is 5.78 Å². The molecular weight excluding hydrogens is 271 g/mol. The Morgan fingerprint density at radius 1 is 1.28 bits per heavy atom. The van der Waals surface area contributed by atoms with Gasteiger partial charge in [0.25, 0.3) is 0 Å². The number of rotatable bonds is 4. The Kier molecular flexibility index (Phi) is 4.04. The number of hydrogen-bond acceptors (Lipinski definition) is 2. The number of hydrogen-bond donors (Lipinski definition) is 0. The molecule has 0 radical (unpaired) electrons. The number of aryl methyl sites for hydroxylation is 2. The molecule has 0 saturated carbocycles. The van der Waals surface area contributed by atoms with Gasteiger partial charge in [0.2, 0.25) is 0 Å². The van der Waals surface area contributed by atoms with Crippen LogP contribution in [0.2, 0.25) is 10.0 Å². The highest BCUT2D eigenvalue weighted by Crippen LogP contribution is 2.23. The van der Waals surface area contributed by atoms with Gasteiger partial charge in [0.05, 0.1) is 10.0 Å². The van der Waals surface area contributed by atoms with Gasteiger partial charge in [0.1, 0.15) is 0 Å². The number of nitrogens with zero attached hydrogens (tertiary/aromatic N) is 2. The molecule has 18 heavy (non-hydrogen) atoms. The molecule has 1 heterocycles. The van der Waals surface area contributed by atoms with Crippen LogP contribution >= 0.6 is 23.2 Å². The summed E-state index contributed by atoms with van der Waals surface area (Å²) in [5.74, 6) is 0.0507. The van der Waals surface area contributed by atoms with Crippen LogP contribution in [0.3, 0.4) is 0 Å². The van der Waals surface area contributed by atoms with Crippen molar-refractivity contribution in [1.82, 2.24) is 9.78 Å². The molecule has 0 atom stereocenters. The second kappa shape index (κ2) is 5.55. The third-order valence-corrected chi connectivity index (χ3v) is 3.51. The molecule has 2 rings (SSSR count). The molecule has 0 fully saturated rings. The molecule has 0 aliphatic carbocycles. The molecule has 3 nitrogen and oxygen atoms in total. The molecule has 0 bridgehead atoms. The maximum absolute atomic E-state index is 12.0. The van der Waals surface area contributed by atoms with Gasteiger partial charge in [-0.05, 0) is 30.7 Å². The van der Waals surface area contributed by atoms with E-state index in [2.05, 4.69) is 5.10 Å². The number of benzene rings is 1. The van der Waals surface area contributed by atoms with E-state index in [-0.39, 0.29) is 5.78 Å². The van der Waals surface area contributed by atoms with Crippen molar-refractivity contribution >= 4 is 29.0 Å². The van der Waals surface area contributed by atoms with Crippen molar-refractivity contribution in [2.75, 3.05) is 0 Å². The average molecular weight is 283 g/mol. The van der Waals surface area contributed by atoms with Crippen LogP contribution in [0.4, 0.5) is 0 Å². The Morgan fingerprint density at radius 2 is 2.06 bits per heavy atom. The molecule has 1 aromatic carbocycles. The van der Waals surface area contributed by atoms with E-state index in [1.165, 1.54) is 0 Å². The van der Waals surface area contributed by atoms with Gasteiger partial charge in [-0.15, -0.1) is 0 Å². The molecule has 0 aliphatic rings. The Hall–Kier alpha value is -1.32. The summed E-state index contributed by atoms with van der Waals surface area (Å²) in [5, 5.41) is 4.92. The van der Waals surface area contributed by atoms with Crippen LogP contribution in [0.15, 0.2) is 30.5 Å². The summed E-state index contributed by atoms with van der Waals surface area (Å²) in [6.45, 7) is 0. The Labute approximate surface area is 115 Å². The molecule has 0 unspecified atom stereocenters. The minimum atomic E-state index is 0.0507. The minimum Gasteiger partial charge on any atom is -0.294 e. The molecule has 1 aromatic heterocycles. The van der Waals surface area contributed by atoms with Crippen molar-refractivity contribution < 1.29 is 4.79 Å². The normalized spacial score (nSPS) is 10.6. The number of ketones is 1. The third-order valence-electron chi connectivity index (χ3n) is 2.77. The largest absolute Gasteiger partial charge is 0.294 e. The topological polar surface area (TPSA) is 34.9 Å². The van der Waals surface area contributed by atoms with Crippen molar-refractivity contribution in [3.05, 3.63) is 51.8 Å². The summed E-state index contributed by atoms with van der Waals surface area (Å²) in [4.78, 5) is 12.0. The van der Waals surface area contributed by atoms with Gasteiger partial charge in [-0.3, -0.25) is 9.48 Å². The van der Waals surface area contributed by atoms with Crippen molar-refractivity contribution in [2.45, 2.75) is 12.8 Å². The van der Waals surface area contributed by atoms with Crippen LogP contribution in [0.1, 0.15) is 22.5 Å². The number of Topliss-reactive ketones (excluding diaryl/α,β-unsaturated/α-hetero) is 1. The summed E-state index contributed by atoms with van der Waals surface area (Å²) < 4.78 is 1.77. The van der Waals surface area contributed by atoms with Gasteiger partial charge in [0, 0.05) is 30.9 Å². The molecule has 0 saturated heterocycles. The first-order chi connectivity index (χ1) is 8.58. The first-order valence-corrected chi connectivity index (χ1v) is 6.28. The smallest absolute Gasteiger partial charge is 0.163 e. The molecule has 0 N–H and O–H groups in total. The summed E-state index contributed by atoms with van der Waals surface area (Å²) in [6.07, 6.45) is 2.81. The van der Waals surface area contributed by atoms with Gasteiger partial charge < -0.3 is 0 Å². The van der Waals surface area contributed by atoms with E-state index in [4.69, 9.17) is 23.2 Å². The zero-order chi connectivity index (χ0) is 13.1. The van der Waals surface area contributed by atoms with E-state index in [1.807, 2.05) is 13.1 Å². The van der Waals surface area contributed by atoms with Gasteiger partial charge in [-0.25, -0.2) is 0 Å². The molecule has 0 aliphatic heterocycles. The SMILES string of the molecule is Cn1nccc1CCC(=O)c1ccc(Cl)c(Cl)c1. The Bertz CT molecular complexity index is 578. The predicted molar refractivity (Wildman–Crippen MR) is 72.3 cm³/mol. The summed E-state index contributed by atoms with van der Waals surface area (Å²) in [5.41, 5.74) is 1.62. The zero-order valence-corrected chi connectivity index (χ0v) is 11.4. The van der Waals surface area contributed by atoms with Crippen molar-refractivity contribution in [2.24, 2.45) is 7.05 Å². The molecule has 0 spiro atoms. The summed E-state index contributed by atoms with van der Waals surface area (Å²) >= 11 is 11.7. The average Bonchev–Trinajstić information content (AvgIpc) is 2.75. The van der Waals surface area contributed by atoms with Crippen LogP contribution in [-0.2, 0) is 13.5 Å². The van der Waals surface area contributed by atoms with E-state index in [0.717, 1.165) is 5.69 Å². The number of carbonyl (C=O) groups is 1. The fourth-order valence-corrected chi connectivity index (χ4v) is 2.00. The summed E-state index contributed by atoms with van der Waals surface area (Å²) in [7, 11) is 1.86. The fraction of sp³-hybridized carbons (Fsp3) is 0.231. The first-order valence-electron chi connectivity index (χ1n) is 5.53. The molecule has 94 valence electrons. The standard InChI is InChI=1S/C13H12Cl2N2O/c1-17-10(6-7-16-17)3-5-13(18)9-2-4-11(14)12(15)8-9/h2,4,6-8H,3,5H2,1H3. The highest BCUT2D eigenvalue weighted by Gasteiger charge is 2.09. The van der Waals surface area contributed by atoms with Crippen LogP contribution in [0.5, 0.6) is 0 Å². The van der Waals surface area contributed by atoms with E-state index in [9.17, 15) is 4.79 Å². The monoisotopic (exact) mass is 282 g/mol. The third kappa shape index (κ3) is 2.92. The first kappa shape index (κ1) is 13.1. The predicted octanol–water partition coefficient (Wildman–Crippen LogP) is 3.54. The highest BCUT2D eigenvalue weighted by atomic mass is 35.5. The Morgan fingerprint density at radius 3 is 2.67 bits per heavy atom. The van der Waals surface area contributed by atoms with E-state index in [1.54, 1.807) is 29.1 Å². The maximum Gasteiger partial charge on any atom is 0.163 e. The lowest BCUT2D eigenvalue weighted by Crippen LogP contribution is -2.04. The van der Waals surface area contributed by atoms with Crippen LogP contribution < -0.4 is 0 Å². The van der Waals surface area contributed by atoms with Gasteiger partial charge in [-0.1, -0.05) is 23.2 Å². The number of halogens is 2. The molecule has 5 heteroatoms. The van der Waals surface area contributed by atoms with E-state index in [0.29, 0.717) is 28.5 Å². The lowest BCUT2D eigenvalue weighted by molar-refractivity contribution is 0.0982.